The van der Waals surface area contributed by atoms with Crippen molar-refractivity contribution in [2.45, 2.75) is 71.8 Å². The number of cyclic esters (lactones) is 1. The van der Waals surface area contributed by atoms with Crippen molar-refractivity contribution in [1.29, 1.82) is 0 Å². The van der Waals surface area contributed by atoms with E-state index < -0.39 is 0 Å². The molecule has 2 nitrogen and oxygen atoms in total. The van der Waals surface area contributed by atoms with Crippen molar-refractivity contribution in [2.24, 2.45) is 5.41 Å². The van der Waals surface area contributed by atoms with Gasteiger partial charge in [-0.2, -0.15) is 0 Å². The van der Waals surface area contributed by atoms with Crippen LogP contribution in [0.25, 0.3) is 0 Å². The highest BCUT2D eigenvalue weighted by atomic mass is 16.5. The van der Waals surface area contributed by atoms with Crippen LogP contribution in [-0.4, -0.2) is 12.1 Å². The molecular formula is C15H26O2. The van der Waals surface area contributed by atoms with Crippen LogP contribution in [0.15, 0.2) is 12.2 Å². The summed E-state index contributed by atoms with van der Waals surface area (Å²) in [7, 11) is 0. The Morgan fingerprint density at radius 2 is 1.94 bits per heavy atom. The smallest absolute Gasteiger partial charge is 0.331 e. The lowest BCUT2D eigenvalue weighted by Gasteiger charge is -2.32. The van der Waals surface area contributed by atoms with E-state index in [-0.39, 0.29) is 17.5 Å². The number of rotatable bonds is 8. The van der Waals surface area contributed by atoms with Crippen molar-refractivity contribution in [2.75, 3.05) is 0 Å². The predicted molar refractivity (Wildman–Crippen MR) is 70.8 cm³/mol. The molecule has 0 saturated heterocycles. The van der Waals surface area contributed by atoms with E-state index in [2.05, 4.69) is 20.8 Å². The summed E-state index contributed by atoms with van der Waals surface area (Å²) in [5, 5.41) is 0. The average molecular weight is 238 g/mol. The third-order valence-corrected chi connectivity index (χ3v) is 4.00. The highest BCUT2D eigenvalue weighted by Gasteiger charge is 2.35. The summed E-state index contributed by atoms with van der Waals surface area (Å²) >= 11 is 0. The fourth-order valence-corrected chi connectivity index (χ4v) is 2.40. The number of esters is 1. The minimum absolute atomic E-state index is 0.00817. The van der Waals surface area contributed by atoms with Crippen LogP contribution in [0.3, 0.4) is 0 Å². The molecule has 0 amide bonds. The molecule has 0 saturated carbocycles. The Labute approximate surface area is 105 Å². The maximum absolute atomic E-state index is 11.1. The van der Waals surface area contributed by atoms with E-state index in [4.69, 9.17) is 4.74 Å². The van der Waals surface area contributed by atoms with E-state index in [1.165, 1.54) is 32.1 Å². The molecule has 1 rings (SSSR count). The Bertz CT molecular complexity index is 270. The third kappa shape index (κ3) is 4.18. The SMILES string of the molecule is CCCCCCCC(C)(CC)C1C=CC(=O)O1. The van der Waals surface area contributed by atoms with E-state index in [0.29, 0.717) is 0 Å². The van der Waals surface area contributed by atoms with Crippen molar-refractivity contribution in [1.82, 2.24) is 0 Å². The van der Waals surface area contributed by atoms with Gasteiger partial charge < -0.3 is 4.74 Å². The minimum Gasteiger partial charge on any atom is -0.454 e. The van der Waals surface area contributed by atoms with Gasteiger partial charge in [-0.1, -0.05) is 52.9 Å². The first-order chi connectivity index (χ1) is 8.12. The highest BCUT2D eigenvalue weighted by molar-refractivity contribution is 5.84. The van der Waals surface area contributed by atoms with Gasteiger partial charge in [-0.3, -0.25) is 0 Å². The molecule has 0 aromatic heterocycles. The van der Waals surface area contributed by atoms with Gasteiger partial charge in [-0.25, -0.2) is 4.79 Å². The molecule has 98 valence electrons. The second-order valence-electron chi connectivity index (χ2n) is 5.39. The Morgan fingerprint density at radius 1 is 1.24 bits per heavy atom. The lowest BCUT2D eigenvalue weighted by Crippen LogP contribution is -2.31. The summed E-state index contributed by atoms with van der Waals surface area (Å²) in [6, 6.07) is 0. The van der Waals surface area contributed by atoms with E-state index in [9.17, 15) is 4.79 Å². The lowest BCUT2D eigenvalue weighted by molar-refractivity contribution is -0.143. The predicted octanol–water partition coefficient (Wildman–Crippen LogP) is 4.24. The van der Waals surface area contributed by atoms with Crippen LogP contribution >= 0.6 is 0 Å². The topological polar surface area (TPSA) is 26.3 Å². The summed E-state index contributed by atoms with van der Waals surface area (Å²) in [5.41, 5.74) is 0.120. The molecule has 2 heteroatoms. The van der Waals surface area contributed by atoms with Gasteiger partial charge >= 0.3 is 5.97 Å². The van der Waals surface area contributed by atoms with Crippen LogP contribution in [0.5, 0.6) is 0 Å². The van der Waals surface area contributed by atoms with Crippen LogP contribution in [0.1, 0.15) is 65.7 Å². The first-order valence-corrected chi connectivity index (χ1v) is 7.01. The monoisotopic (exact) mass is 238 g/mol. The van der Waals surface area contributed by atoms with Crippen LogP contribution < -0.4 is 0 Å². The minimum atomic E-state index is -0.180. The lowest BCUT2D eigenvalue weighted by atomic mass is 9.77. The van der Waals surface area contributed by atoms with Crippen LogP contribution in [0, 0.1) is 5.41 Å². The molecule has 1 heterocycles. The molecule has 0 fully saturated rings. The van der Waals surface area contributed by atoms with Crippen LogP contribution in [0.4, 0.5) is 0 Å². The molecule has 0 aliphatic carbocycles. The maximum atomic E-state index is 11.1. The molecule has 17 heavy (non-hydrogen) atoms. The van der Waals surface area contributed by atoms with Gasteiger partial charge in [0.05, 0.1) is 0 Å². The number of ether oxygens (including phenoxy) is 1. The van der Waals surface area contributed by atoms with Gasteiger partial charge in [-0.05, 0) is 18.9 Å². The van der Waals surface area contributed by atoms with Crippen LogP contribution in [0.2, 0.25) is 0 Å². The molecule has 0 spiro atoms. The largest absolute Gasteiger partial charge is 0.454 e. The number of unbranched alkanes of at least 4 members (excludes halogenated alkanes) is 4. The van der Waals surface area contributed by atoms with Crippen molar-refractivity contribution in [3.05, 3.63) is 12.2 Å². The van der Waals surface area contributed by atoms with Gasteiger partial charge in [0, 0.05) is 11.5 Å². The number of carbonyl (C=O) groups excluding carboxylic acids is 1. The van der Waals surface area contributed by atoms with E-state index in [1.54, 1.807) is 6.08 Å². The Balaban J connectivity index is 2.35. The zero-order valence-electron chi connectivity index (χ0n) is 11.5. The molecule has 2 unspecified atom stereocenters. The summed E-state index contributed by atoms with van der Waals surface area (Å²) in [6.07, 6.45) is 12.2. The zero-order chi connectivity index (χ0) is 12.7. The molecule has 1 aliphatic rings. The summed E-state index contributed by atoms with van der Waals surface area (Å²) < 4.78 is 5.35. The van der Waals surface area contributed by atoms with Gasteiger partial charge in [-0.15, -0.1) is 0 Å². The molecule has 0 aromatic carbocycles. The Morgan fingerprint density at radius 3 is 2.47 bits per heavy atom. The van der Waals surface area contributed by atoms with Crippen molar-refractivity contribution >= 4 is 5.97 Å². The quantitative estimate of drug-likeness (QED) is 0.467. The number of carbonyl (C=O) groups is 1. The normalized spacial score (nSPS) is 22.5. The van der Waals surface area contributed by atoms with E-state index >= 15 is 0 Å². The highest BCUT2D eigenvalue weighted by Crippen LogP contribution is 2.36. The molecule has 2 atom stereocenters. The van der Waals surface area contributed by atoms with Gasteiger partial charge in [0.2, 0.25) is 0 Å². The van der Waals surface area contributed by atoms with Gasteiger partial charge in [0.1, 0.15) is 6.10 Å². The molecule has 0 aromatic rings. The van der Waals surface area contributed by atoms with Gasteiger partial charge in [0.15, 0.2) is 0 Å². The Kier molecular flexibility index (Phi) is 5.73. The summed E-state index contributed by atoms with van der Waals surface area (Å²) in [6.45, 7) is 6.66. The standard InChI is InChI=1S/C15H26O2/c1-4-6-7-8-9-12-15(3,5-2)13-10-11-14(16)17-13/h10-11,13H,4-9,12H2,1-3H3. The maximum Gasteiger partial charge on any atom is 0.331 e. The molecule has 0 bridgehead atoms. The zero-order valence-corrected chi connectivity index (χ0v) is 11.5. The second-order valence-corrected chi connectivity index (χ2v) is 5.39. The van der Waals surface area contributed by atoms with Crippen molar-refractivity contribution in [3.63, 3.8) is 0 Å². The third-order valence-electron chi connectivity index (χ3n) is 4.00. The summed E-state index contributed by atoms with van der Waals surface area (Å²) in [5.74, 6) is -0.180. The number of hydrogen-bond donors (Lipinski definition) is 0. The van der Waals surface area contributed by atoms with Crippen molar-refractivity contribution in [3.8, 4) is 0 Å². The van der Waals surface area contributed by atoms with Crippen molar-refractivity contribution < 1.29 is 9.53 Å². The van der Waals surface area contributed by atoms with E-state index in [0.717, 1.165) is 12.8 Å². The molecule has 0 N–H and O–H groups in total. The average Bonchev–Trinajstić information content (AvgIpc) is 2.76. The Hall–Kier alpha value is -0.790. The fourth-order valence-electron chi connectivity index (χ4n) is 2.40. The first-order valence-electron chi connectivity index (χ1n) is 7.01. The van der Waals surface area contributed by atoms with Gasteiger partial charge in [0.25, 0.3) is 0 Å². The molecule has 0 radical (unpaired) electrons. The molecular weight excluding hydrogens is 212 g/mol. The van der Waals surface area contributed by atoms with Crippen LogP contribution in [-0.2, 0) is 9.53 Å². The second kappa shape index (κ2) is 6.83. The number of hydrogen-bond acceptors (Lipinski definition) is 2. The summed E-state index contributed by atoms with van der Waals surface area (Å²) in [4.78, 5) is 11.1. The van der Waals surface area contributed by atoms with E-state index in [1.807, 2.05) is 6.08 Å². The first kappa shape index (κ1) is 14.3. The fraction of sp³-hybridized carbons (Fsp3) is 0.800. The molecule has 1 aliphatic heterocycles.